The third-order valence-electron chi connectivity index (χ3n) is 1.43. The number of carboxylic acid groups (broad SMARTS) is 1. The van der Waals surface area contributed by atoms with Crippen LogP contribution in [0.4, 0.5) is 0 Å². The lowest BCUT2D eigenvalue weighted by Gasteiger charge is -2.04. The Kier molecular flexibility index (Phi) is 2.35. The average molecular weight is 171 g/mol. The van der Waals surface area contributed by atoms with E-state index < -0.39 is 12.0 Å². The molecule has 1 heterocycles. The van der Waals surface area contributed by atoms with E-state index in [4.69, 9.17) is 20.0 Å². The molecule has 1 rings (SSSR count). The van der Waals surface area contributed by atoms with E-state index >= 15 is 0 Å². The Hall–Kier alpha value is -1.49. The molecule has 1 unspecified atom stereocenters. The van der Waals surface area contributed by atoms with Crippen molar-refractivity contribution in [3.8, 4) is 5.75 Å². The molecule has 1 aromatic heterocycles. The first kappa shape index (κ1) is 8.61. The third kappa shape index (κ3) is 1.40. The van der Waals surface area contributed by atoms with E-state index in [0.717, 1.165) is 0 Å². The van der Waals surface area contributed by atoms with Gasteiger partial charge < -0.3 is 20.0 Å². The number of carboxylic acids is 1. The van der Waals surface area contributed by atoms with Crippen LogP contribution in [0.1, 0.15) is 11.8 Å². The highest BCUT2D eigenvalue weighted by Gasteiger charge is 2.21. The summed E-state index contributed by atoms with van der Waals surface area (Å²) >= 11 is 0. The highest BCUT2D eigenvalue weighted by molar-refractivity contribution is 5.75. The van der Waals surface area contributed by atoms with Gasteiger partial charge in [-0.1, -0.05) is 0 Å². The highest BCUT2D eigenvalue weighted by Crippen LogP contribution is 2.24. The molecule has 0 aliphatic heterocycles. The maximum atomic E-state index is 10.4. The number of hydrogen-bond donors (Lipinski definition) is 2. The summed E-state index contributed by atoms with van der Waals surface area (Å²) in [5.74, 6) is -0.668. The van der Waals surface area contributed by atoms with E-state index in [1.807, 2.05) is 0 Å². The number of carbonyl (C=O) groups is 1. The Morgan fingerprint density at radius 3 is 3.00 bits per heavy atom. The summed E-state index contributed by atoms with van der Waals surface area (Å²) in [6.45, 7) is 0. The van der Waals surface area contributed by atoms with Crippen molar-refractivity contribution in [1.82, 2.24) is 0 Å². The fourth-order valence-corrected chi connectivity index (χ4v) is 0.817. The lowest BCUT2D eigenvalue weighted by atomic mass is 10.2. The van der Waals surface area contributed by atoms with E-state index in [0.29, 0.717) is 5.75 Å². The number of rotatable bonds is 3. The standard InChI is InChI=1S/C7H9NO4/c1-11-4-2-3-12-6(4)5(8)7(9)10/h2-3,5H,8H2,1H3,(H,9,10). The molecule has 12 heavy (non-hydrogen) atoms. The summed E-state index contributed by atoms with van der Waals surface area (Å²) < 4.78 is 9.67. The van der Waals surface area contributed by atoms with Crippen molar-refractivity contribution in [3.05, 3.63) is 18.1 Å². The molecule has 0 bridgehead atoms. The molecule has 3 N–H and O–H groups in total. The second-order valence-electron chi connectivity index (χ2n) is 2.17. The summed E-state index contributed by atoms with van der Waals surface area (Å²) in [6, 6.07) is 0.341. The van der Waals surface area contributed by atoms with Gasteiger partial charge >= 0.3 is 5.97 Å². The molecule has 66 valence electrons. The fourth-order valence-electron chi connectivity index (χ4n) is 0.817. The normalized spacial score (nSPS) is 12.5. The zero-order valence-electron chi connectivity index (χ0n) is 6.48. The van der Waals surface area contributed by atoms with Crippen LogP contribution in [0.2, 0.25) is 0 Å². The lowest BCUT2D eigenvalue weighted by molar-refractivity contribution is -0.139. The van der Waals surface area contributed by atoms with Gasteiger partial charge in [-0.2, -0.15) is 0 Å². The van der Waals surface area contributed by atoms with Crippen molar-refractivity contribution >= 4 is 5.97 Å². The molecule has 0 saturated heterocycles. The van der Waals surface area contributed by atoms with Gasteiger partial charge in [-0.3, -0.25) is 4.79 Å². The van der Waals surface area contributed by atoms with Gasteiger partial charge in [0.25, 0.3) is 0 Å². The summed E-state index contributed by atoms with van der Waals surface area (Å²) in [5.41, 5.74) is 5.29. The first-order chi connectivity index (χ1) is 5.66. The van der Waals surface area contributed by atoms with Crippen LogP contribution in [0.5, 0.6) is 5.75 Å². The van der Waals surface area contributed by atoms with Gasteiger partial charge in [-0.05, 0) is 0 Å². The number of nitrogens with two attached hydrogens (primary N) is 1. The number of hydrogen-bond acceptors (Lipinski definition) is 4. The molecule has 0 aliphatic rings. The molecule has 0 fully saturated rings. The van der Waals surface area contributed by atoms with Gasteiger partial charge in [0.2, 0.25) is 0 Å². The average Bonchev–Trinajstić information content (AvgIpc) is 2.49. The van der Waals surface area contributed by atoms with Gasteiger partial charge in [0.15, 0.2) is 17.6 Å². The van der Waals surface area contributed by atoms with Crippen molar-refractivity contribution in [3.63, 3.8) is 0 Å². The fraction of sp³-hybridized carbons (Fsp3) is 0.286. The number of aliphatic carboxylic acids is 1. The van der Waals surface area contributed by atoms with Crippen molar-refractivity contribution in [1.29, 1.82) is 0 Å². The van der Waals surface area contributed by atoms with E-state index in [1.54, 1.807) is 0 Å². The second-order valence-corrected chi connectivity index (χ2v) is 2.17. The predicted octanol–water partition coefficient (Wildman–Crippen LogP) is 0.373. The quantitative estimate of drug-likeness (QED) is 0.686. The number of methoxy groups -OCH3 is 1. The molecule has 1 atom stereocenters. The van der Waals surface area contributed by atoms with E-state index in [2.05, 4.69) is 0 Å². The molecule has 0 aromatic carbocycles. The number of ether oxygens (including phenoxy) is 1. The van der Waals surface area contributed by atoms with Crippen LogP contribution in [0.25, 0.3) is 0 Å². The number of furan rings is 1. The van der Waals surface area contributed by atoms with E-state index in [1.165, 1.54) is 19.4 Å². The van der Waals surface area contributed by atoms with Gasteiger partial charge in [0.05, 0.1) is 13.4 Å². The highest BCUT2D eigenvalue weighted by atomic mass is 16.5. The summed E-state index contributed by atoms with van der Waals surface area (Å²) in [6.07, 6.45) is 1.33. The molecule has 0 radical (unpaired) electrons. The Balaban J connectivity index is 2.93. The van der Waals surface area contributed by atoms with Crippen molar-refractivity contribution < 1.29 is 19.1 Å². The van der Waals surface area contributed by atoms with Gasteiger partial charge in [0.1, 0.15) is 0 Å². The largest absolute Gasteiger partial charge is 0.493 e. The summed E-state index contributed by atoms with van der Waals surface area (Å²) in [5, 5.41) is 8.53. The molecule has 5 heteroatoms. The maximum absolute atomic E-state index is 10.4. The lowest BCUT2D eigenvalue weighted by Crippen LogP contribution is -2.20. The monoisotopic (exact) mass is 171 g/mol. The molecule has 1 aromatic rings. The minimum atomic E-state index is -1.17. The van der Waals surface area contributed by atoms with Crippen LogP contribution in [0.3, 0.4) is 0 Å². The molecular formula is C7H9NO4. The van der Waals surface area contributed by atoms with Gasteiger partial charge in [-0.25, -0.2) is 0 Å². The minimum absolute atomic E-state index is 0.130. The van der Waals surface area contributed by atoms with Crippen LogP contribution in [-0.4, -0.2) is 18.2 Å². The summed E-state index contributed by atoms with van der Waals surface area (Å²) in [4.78, 5) is 10.4. The van der Waals surface area contributed by atoms with E-state index in [9.17, 15) is 4.79 Å². The first-order valence-electron chi connectivity index (χ1n) is 3.26. The zero-order valence-corrected chi connectivity index (χ0v) is 6.48. The van der Waals surface area contributed by atoms with Crippen molar-refractivity contribution in [2.75, 3.05) is 7.11 Å². The van der Waals surface area contributed by atoms with Gasteiger partial charge in [-0.15, -0.1) is 0 Å². The van der Waals surface area contributed by atoms with Crippen molar-refractivity contribution in [2.24, 2.45) is 5.73 Å². The third-order valence-corrected chi connectivity index (χ3v) is 1.43. The molecule has 0 amide bonds. The van der Waals surface area contributed by atoms with Crippen LogP contribution < -0.4 is 10.5 Å². The smallest absolute Gasteiger partial charge is 0.328 e. The first-order valence-corrected chi connectivity index (χ1v) is 3.26. The second kappa shape index (κ2) is 3.27. The van der Waals surface area contributed by atoms with Crippen LogP contribution in [0, 0.1) is 0 Å². The van der Waals surface area contributed by atoms with Crippen LogP contribution >= 0.6 is 0 Å². The molecule has 5 nitrogen and oxygen atoms in total. The van der Waals surface area contributed by atoms with Gasteiger partial charge in [0, 0.05) is 6.07 Å². The Labute approximate surface area is 68.7 Å². The Bertz CT molecular complexity index is 281. The zero-order chi connectivity index (χ0) is 9.14. The molecule has 0 aliphatic carbocycles. The van der Waals surface area contributed by atoms with Crippen LogP contribution in [-0.2, 0) is 4.79 Å². The molecule has 0 saturated carbocycles. The van der Waals surface area contributed by atoms with E-state index in [-0.39, 0.29) is 5.76 Å². The summed E-state index contributed by atoms with van der Waals surface area (Å²) in [7, 11) is 1.42. The minimum Gasteiger partial charge on any atom is -0.493 e. The Morgan fingerprint density at radius 1 is 1.83 bits per heavy atom. The van der Waals surface area contributed by atoms with Crippen molar-refractivity contribution in [2.45, 2.75) is 6.04 Å². The SMILES string of the molecule is COc1ccoc1C(N)C(=O)O. The predicted molar refractivity (Wildman–Crippen MR) is 39.8 cm³/mol. The topological polar surface area (TPSA) is 85.7 Å². The molecule has 0 spiro atoms. The maximum Gasteiger partial charge on any atom is 0.328 e. The Morgan fingerprint density at radius 2 is 2.50 bits per heavy atom. The van der Waals surface area contributed by atoms with Crippen LogP contribution in [0.15, 0.2) is 16.7 Å². The molecular weight excluding hydrogens is 162 g/mol.